The van der Waals surface area contributed by atoms with Crippen molar-refractivity contribution in [2.24, 2.45) is 0 Å². The lowest BCUT2D eigenvalue weighted by molar-refractivity contribution is 0.530. The van der Waals surface area contributed by atoms with E-state index < -0.39 is 10.0 Å². The summed E-state index contributed by atoms with van der Waals surface area (Å²) in [5.41, 5.74) is 0.999. The molecule has 1 atom stereocenters. The SMILES string of the molecule is CCC(NCCS(=O)(=O)NC)c1ccc(Cl)c(Cl)c1. The van der Waals surface area contributed by atoms with Crippen molar-refractivity contribution in [2.45, 2.75) is 19.4 Å². The van der Waals surface area contributed by atoms with Crippen LogP contribution in [0.5, 0.6) is 0 Å². The lowest BCUT2D eigenvalue weighted by Gasteiger charge is -2.18. The van der Waals surface area contributed by atoms with Crippen LogP contribution in [0.25, 0.3) is 0 Å². The zero-order valence-electron chi connectivity index (χ0n) is 10.9. The largest absolute Gasteiger partial charge is 0.309 e. The highest BCUT2D eigenvalue weighted by molar-refractivity contribution is 7.89. The first-order valence-corrected chi connectivity index (χ1v) is 8.40. The molecule has 4 nitrogen and oxygen atoms in total. The molecular formula is C12H18Cl2N2O2S. The second-order valence-electron chi connectivity index (χ2n) is 4.11. The molecule has 7 heteroatoms. The average molecular weight is 325 g/mol. The lowest BCUT2D eigenvalue weighted by atomic mass is 10.0. The van der Waals surface area contributed by atoms with Crippen LogP contribution in [0, 0.1) is 0 Å². The molecule has 0 amide bonds. The number of sulfonamides is 1. The van der Waals surface area contributed by atoms with E-state index in [1.807, 2.05) is 13.0 Å². The molecule has 2 N–H and O–H groups in total. The van der Waals surface area contributed by atoms with E-state index in [9.17, 15) is 8.42 Å². The Morgan fingerprint density at radius 2 is 1.95 bits per heavy atom. The molecule has 0 saturated heterocycles. The Kier molecular flexibility index (Phi) is 6.56. The van der Waals surface area contributed by atoms with Crippen LogP contribution >= 0.6 is 23.2 Å². The maximum absolute atomic E-state index is 11.3. The maximum Gasteiger partial charge on any atom is 0.212 e. The van der Waals surface area contributed by atoms with E-state index in [1.54, 1.807) is 12.1 Å². The molecule has 0 fully saturated rings. The van der Waals surface area contributed by atoms with Gasteiger partial charge in [0.15, 0.2) is 0 Å². The monoisotopic (exact) mass is 324 g/mol. The molecule has 0 aliphatic carbocycles. The number of hydrogen-bond acceptors (Lipinski definition) is 3. The van der Waals surface area contributed by atoms with Gasteiger partial charge in [0.2, 0.25) is 10.0 Å². The third-order valence-electron chi connectivity index (χ3n) is 2.83. The molecule has 0 aromatic heterocycles. The smallest absolute Gasteiger partial charge is 0.212 e. The minimum atomic E-state index is -3.18. The third-order valence-corrected chi connectivity index (χ3v) is 4.93. The van der Waals surface area contributed by atoms with Crippen molar-refractivity contribution in [1.29, 1.82) is 0 Å². The van der Waals surface area contributed by atoms with Crippen molar-refractivity contribution in [3.63, 3.8) is 0 Å². The number of rotatable bonds is 7. The summed E-state index contributed by atoms with van der Waals surface area (Å²) < 4.78 is 24.9. The maximum atomic E-state index is 11.3. The minimum Gasteiger partial charge on any atom is -0.309 e. The van der Waals surface area contributed by atoms with Crippen molar-refractivity contribution < 1.29 is 8.42 Å². The lowest BCUT2D eigenvalue weighted by Crippen LogP contribution is -2.31. The standard InChI is InChI=1S/C12H18Cl2N2O2S/c1-3-12(16-6-7-19(17,18)15-2)9-4-5-10(13)11(14)8-9/h4-5,8,12,15-16H,3,6-7H2,1-2H3. The van der Waals surface area contributed by atoms with E-state index in [0.717, 1.165) is 12.0 Å². The average Bonchev–Trinajstić information content (AvgIpc) is 2.38. The Balaban J connectivity index is 2.66. The van der Waals surface area contributed by atoms with Crippen LogP contribution in [0.15, 0.2) is 18.2 Å². The molecule has 0 aliphatic heterocycles. The highest BCUT2D eigenvalue weighted by Gasteiger charge is 2.12. The van der Waals surface area contributed by atoms with Crippen molar-refractivity contribution >= 4 is 33.2 Å². The first-order valence-electron chi connectivity index (χ1n) is 5.99. The predicted octanol–water partition coefficient (Wildman–Crippen LogP) is 2.58. The Labute approximate surface area is 124 Å². The minimum absolute atomic E-state index is 0.0430. The molecule has 0 saturated carbocycles. The number of benzene rings is 1. The van der Waals surface area contributed by atoms with Crippen LogP contribution in [0.1, 0.15) is 24.9 Å². The number of halogens is 2. The van der Waals surface area contributed by atoms with Gasteiger partial charge in [-0.05, 0) is 31.2 Å². The summed E-state index contributed by atoms with van der Waals surface area (Å²) in [6, 6.07) is 5.50. The van der Waals surface area contributed by atoms with Gasteiger partial charge in [0.25, 0.3) is 0 Å². The molecule has 1 rings (SSSR count). The third kappa shape index (κ3) is 5.28. The Bertz CT molecular complexity index is 520. The molecule has 1 unspecified atom stereocenters. The Morgan fingerprint density at radius 3 is 2.47 bits per heavy atom. The molecule has 1 aromatic carbocycles. The van der Waals surface area contributed by atoms with Crippen LogP contribution in [0.3, 0.4) is 0 Å². The van der Waals surface area contributed by atoms with Gasteiger partial charge in [-0.25, -0.2) is 13.1 Å². The van der Waals surface area contributed by atoms with Gasteiger partial charge in [0.1, 0.15) is 0 Å². The highest BCUT2D eigenvalue weighted by Crippen LogP contribution is 2.26. The first-order chi connectivity index (χ1) is 8.89. The topological polar surface area (TPSA) is 58.2 Å². The summed E-state index contributed by atoms with van der Waals surface area (Å²) in [5, 5.41) is 4.22. The normalized spacial score (nSPS) is 13.5. The van der Waals surface area contributed by atoms with Crippen molar-refractivity contribution in [3.8, 4) is 0 Å². The second-order valence-corrected chi connectivity index (χ2v) is 6.97. The van der Waals surface area contributed by atoms with Gasteiger partial charge >= 0.3 is 0 Å². The Morgan fingerprint density at radius 1 is 1.26 bits per heavy atom. The van der Waals surface area contributed by atoms with Gasteiger partial charge < -0.3 is 5.32 Å². The van der Waals surface area contributed by atoms with Gasteiger partial charge in [0.05, 0.1) is 15.8 Å². The van der Waals surface area contributed by atoms with Crippen molar-refractivity contribution in [2.75, 3.05) is 19.3 Å². The first kappa shape index (κ1) is 16.7. The fourth-order valence-corrected chi connectivity index (χ4v) is 2.59. The summed E-state index contributed by atoms with van der Waals surface area (Å²) in [7, 11) is -1.77. The van der Waals surface area contributed by atoms with Crippen LogP contribution in [-0.4, -0.2) is 27.8 Å². The van der Waals surface area contributed by atoms with E-state index in [1.165, 1.54) is 7.05 Å². The molecule has 1 aromatic rings. The summed E-state index contributed by atoms with van der Waals surface area (Å²) in [4.78, 5) is 0. The van der Waals surface area contributed by atoms with E-state index in [-0.39, 0.29) is 11.8 Å². The van der Waals surface area contributed by atoms with Crippen LogP contribution in [-0.2, 0) is 10.0 Å². The molecule has 0 radical (unpaired) electrons. The molecule has 0 spiro atoms. The van der Waals surface area contributed by atoms with E-state index in [4.69, 9.17) is 23.2 Å². The number of hydrogen-bond donors (Lipinski definition) is 2. The molecular weight excluding hydrogens is 307 g/mol. The van der Waals surface area contributed by atoms with Crippen molar-refractivity contribution in [3.05, 3.63) is 33.8 Å². The highest BCUT2D eigenvalue weighted by atomic mass is 35.5. The van der Waals surface area contributed by atoms with Crippen LogP contribution in [0.4, 0.5) is 0 Å². The van der Waals surface area contributed by atoms with Crippen molar-refractivity contribution in [1.82, 2.24) is 10.0 Å². The summed E-state index contributed by atoms with van der Waals surface area (Å²) in [6.45, 7) is 2.40. The van der Waals surface area contributed by atoms with Gasteiger partial charge in [-0.1, -0.05) is 36.2 Å². The van der Waals surface area contributed by atoms with E-state index >= 15 is 0 Å². The zero-order valence-corrected chi connectivity index (χ0v) is 13.2. The predicted molar refractivity (Wildman–Crippen MR) is 80.3 cm³/mol. The summed E-state index contributed by atoms with van der Waals surface area (Å²) >= 11 is 11.8. The Hall–Kier alpha value is -0.330. The second kappa shape index (κ2) is 7.45. The zero-order chi connectivity index (χ0) is 14.5. The van der Waals surface area contributed by atoms with Crippen LogP contribution < -0.4 is 10.0 Å². The molecule has 0 heterocycles. The summed E-state index contributed by atoms with van der Waals surface area (Å²) in [5.74, 6) is 0.0430. The van der Waals surface area contributed by atoms with E-state index in [0.29, 0.717) is 16.6 Å². The molecule has 0 aliphatic rings. The summed E-state index contributed by atoms with van der Waals surface area (Å²) in [6.07, 6.45) is 0.831. The fourth-order valence-electron chi connectivity index (χ4n) is 1.70. The van der Waals surface area contributed by atoms with Gasteiger partial charge in [-0.2, -0.15) is 0 Å². The molecule has 0 bridgehead atoms. The molecule has 19 heavy (non-hydrogen) atoms. The quantitative estimate of drug-likeness (QED) is 0.810. The van der Waals surface area contributed by atoms with Gasteiger partial charge in [0, 0.05) is 12.6 Å². The van der Waals surface area contributed by atoms with Gasteiger partial charge in [-0.3, -0.25) is 0 Å². The fraction of sp³-hybridized carbons (Fsp3) is 0.500. The number of nitrogens with one attached hydrogen (secondary N) is 2. The van der Waals surface area contributed by atoms with Gasteiger partial charge in [-0.15, -0.1) is 0 Å². The molecule has 108 valence electrons. The van der Waals surface area contributed by atoms with Crippen LogP contribution in [0.2, 0.25) is 10.0 Å². The van der Waals surface area contributed by atoms with E-state index in [2.05, 4.69) is 10.0 Å².